The Morgan fingerprint density at radius 3 is 1.32 bits per heavy atom. The van der Waals surface area contributed by atoms with E-state index in [0.29, 0.717) is 10.3 Å². The summed E-state index contributed by atoms with van der Waals surface area (Å²) in [6, 6.07) is 15.6. The van der Waals surface area contributed by atoms with Gasteiger partial charge in [0.05, 0.1) is 0 Å². The molecule has 8 saturated carbocycles. The fourth-order valence-corrected chi connectivity index (χ4v) is 22.2. The first-order valence-electron chi connectivity index (χ1n) is 19.6. The predicted molar refractivity (Wildman–Crippen MR) is 209 cm³/mol. The minimum atomic E-state index is -1.35. The van der Waals surface area contributed by atoms with E-state index in [4.69, 9.17) is 0 Å². The van der Waals surface area contributed by atoms with Crippen molar-refractivity contribution in [1.29, 1.82) is 0 Å². The molecule has 2 aromatic carbocycles. The van der Waals surface area contributed by atoms with E-state index in [1.807, 2.05) is 41.5 Å². The zero-order valence-corrected chi connectivity index (χ0v) is 35.4. The third-order valence-electron chi connectivity index (χ3n) is 13.9. The molecule has 10 rings (SSSR count). The van der Waals surface area contributed by atoms with E-state index in [0.717, 1.165) is 58.7 Å². The van der Waals surface area contributed by atoms with E-state index in [9.17, 15) is 0 Å². The number of hydrogen-bond acceptors (Lipinski definition) is 0. The topological polar surface area (TPSA) is 0 Å². The van der Waals surface area contributed by atoms with Crippen LogP contribution in [0.1, 0.15) is 117 Å². The molecule has 0 saturated heterocycles. The molecule has 8 aliphatic rings. The zero-order chi connectivity index (χ0) is 32.6. The Morgan fingerprint density at radius 2 is 1.00 bits per heavy atom. The molecule has 0 amide bonds. The second-order valence-corrected chi connectivity index (χ2v) is 31.9. The van der Waals surface area contributed by atoms with Crippen molar-refractivity contribution in [3.05, 3.63) is 53.6 Å². The van der Waals surface area contributed by atoms with Gasteiger partial charge in [-0.2, -0.15) is 11.6 Å². The summed E-state index contributed by atoms with van der Waals surface area (Å²) in [6.45, 7) is 23.1. The summed E-state index contributed by atoms with van der Waals surface area (Å²) < 4.78 is 0. The van der Waals surface area contributed by atoms with Crippen LogP contribution in [-0.4, -0.2) is 29.7 Å². The first kappa shape index (κ1) is 37.1. The molecule has 0 nitrogen and oxygen atoms in total. The normalized spacial score (nSPS) is 36.3. The average Bonchev–Trinajstić information content (AvgIpc) is 3.63. The van der Waals surface area contributed by atoms with Crippen molar-refractivity contribution >= 4 is 29.1 Å². The largest absolute Gasteiger partial charge is 0.748 e. The van der Waals surface area contributed by atoms with E-state index in [1.54, 1.807) is 69.4 Å². The van der Waals surface area contributed by atoms with Crippen LogP contribution in [0.5, 0.6) is 0 Å². The van der Waals surface area contributed by atoms with E-state index in [-0.39, 0.29) is 32.9 Å². The molecule has 8 fully saturated rings. The Bertz CT molecular complexity index is 1170. The van der Waals surface area contributed by atoms with Gasteiger partial charge in [-0.05, 0) is 139 Å². The molecule has 0 N–H and O–H groups in total. The van der Waals surface area contributed by atoms with Gasteiger partial charge in [-0.1, -0.05) is 75.3 Å². The minimum absolute atomic E-state index is 0. The first-order chi connectivity index (χ1) is 21.6. The Labute approximate surface area is 304 Å². The molecule has 0 aliphatic heterocycles. The smallest absolute Gasteiger partial charge is 0.00394 e. The van der Waals surface area contributed by atoms with Gasteiger partial charge in [0.1, 0.15) is 0 Å². The molecular formula is C43H68FeP2Si-6. The quantitative estimate of drug-likeness (QED) is 0.151. The standard InChI is InChI=1S/C38H63P2Si.C5H5.Fe/c1-37(2,3)40(38(4,5)6)23-33-21-34(41(7,8)9)20-32(33)22-39(35-28-12-24-10-25(14-28)15-29(35)13-24)36-30-16-26-11-27(18-30)19-31(36)17-26;1-2-4-5-3-1;/h20-21,24-31,35-36H,10-19,22-23H2,1-9H3;1-5H;/q-1;-5;. The summed E-state index contributed by atoms with van der Waals surface area (Å²) >= 11 is 0. The van der Waals surface area contributed by atoms with Gasteiger partial charge in [0.15, 0.2) is 0 Å². The van der Waals surface area contributed by atoms with Crippen LogP contribution in [0.25, 0.3) is 0 Å². The third-order valence-corrected chi connectivity index (χ3v) is 23.8. The molecule has 0 unspecified atom stereocenters. The van der Waals surface area contributed by atoms with Crippen molar-refractivity contribution in [3.8, 4) is 0 Å². The third kappa shape index (κ3) is 7.89. The van der Waals surface area contributed by atoms with Crippen LogP contribution < -0.4 is 5.19 Å². The molecule has 0 heterocycles. The summed E-state index contributed by atoms with van der Waals surface area (Å²) in [7, 11) is -1.40. The van der Waals surface area contributed by atoms with Gasteiger partial charge in [0.25, 0.3) is 0 Å². The maximum absolute atomic E-state index is 2.84. The van der Waals surface area contributed by atoms with Crippen molar-refractivity contribution in [1.82, 2.24) is 0 Å². The van der Waals surface area contributed by atoms with Gasteiger partial charge in [-0.15, -0.1) is 13.5 Å². The fraction of sp³-hybridized carbons (Fsp3) is 0.767. The molecule has 0 spiro atoms. The fourth-order valence-electron chi connectivity index (χ4n) is 12.8. The summed E-state index contributed by atoms with van der Waals surface area (Å²) in [5.41, 5.74) is 5.92. The maximum atomic E-state index is 2.84. The van der Waals surface area contributed by atoms with Gasteiger partial charge in [0.2, 0.25) is 0 Å². The SMILES string of the molecule is CC(C)(C)P(C[c-]1cc([Si](C)(C)C)cc1CP(C1C2CC3CC(C2)CC1C3)C1C2CC3CC(C2)CC1C3)C(C)(C)C.[Fe].[cH-]1[cH-][cH-][cH-][cH-]1. The van der Waals surface area contributed by atoms with Crippen molar-refractivity contribution in [2.45, 2.75) is 159 Å². The molecule has 47 heavy (non-hydrogen) atoms. The molecule has 2 aromatic rings. The summed E-state index contributed by atoms with van der Waals surface area (Å²) in [6.07, 6.45) is 19.0. The van der Waals surface area contributed by atoms with Gasteiger partial charge in [0, 0.05) is 25.1 Å². The van der Waals surface area contributed by atoms with Crippen molar-refractivity contribution in [2.24, 2.45) is 47.3 Å². The van der Waals surface area contributed by atoms with Crippen molar-refractivity contribution in [2.75, 3.05) is 0 Å². The Balaban J connectivity index is 0.000000591. The second kappa shape index (κ2) is 14.0. The van der Waals surface area contributed by atoms with Crippen LogP contribution in [0.15, 0.2) is 42.5 Å². The van der Waals surface area contributed by atoms with Gasteiger partial charge in [-0.3, -0.25) is 0 Å². The first-order valence-corrected chi connectivity index (χ1v) is 26.3. The average molecular weight is 731 g/mol. The van der Waals surface area contributed by atoms with E-state index >= 15 is 0 Å². The van der Waals surface area contributed by atoms with E-state index in [2.05, 4.69) is 73.3 Å². The van der Waals surface area contributed by atoms with Crippen molar-refractivity contribution in [3.63, 3.8) is 0 Å². The van der Waals surface area contributed by atoms with Crippen LogP contribution in [0, 0.1) is 47.3 Å². The molecule has 268 valence electrons. The predicted octanol–water partition coefficient (Wildman–Crippen LogP) is 12.6. The van der Waals surface area contributed by atoms with Crippen LogP contribution in [0.4, 0.5) is 0 Å². The van der Waals surface area contributed by atoms with Gasteiger partial charge < -0.3 is 30.3 Å². The molecule has 8 aliphatic carbocycles. The van der Waals surface area contributed by atoms with Gasteiger partial charge >= 0.3 is 0 Å². The van der Waals surface area contributed by atoms with Crippen LogP contribution in [0.2, 0.25) is 19.6 Å². The molecule has 8 bridgehead atoms. The Hall–Kier alpha value is 0.296. The molecule has 0 aromatic heterocycles. The minimum Gasteiger partial charge on any atom is -0.748 e. The van der Waals surface area contributed by atoms with Crippen molar-refractivity contribution < 1.29 is 17.1 Å². The summed E-state index contributed by atoms with van der Waals surface area (Å²) in [4.78, 5) is 0. The van der Waals surface area contributed by atoms with E-state index in [1.165, 1.54) is 12.3 Å². The second-order valence-electron chi connectivity index (χ2n) is 20.4. The molecule has 0 radical (unpaired) electrons. The molecular weight excluding hydrogens is 662 g/mol. The monoisotopic (exact) mass is 730 g/mol. The van der Waals surface area contributed by atoms with Crippen LogP contribution in [-0.2, 0) is 29.4 Å². The maximum Gasteiger partial charge on any atom is 0.00394 e. The number of rotatable bonds is 7. The number of hydrogen-bond donors (Lipinski definition) is 0. The van der Waals surface area contributed by atoms with Crippen LogP contribution in [0.3, 0.4) is 0 Å². The summed E-state index contributed by atoms with van der Waals surface area (Å²) in [5, 5.41) is 2.56. The van der Waals surface area contributed by atoms with Gasteiger partial charge in [-0.25, -0.2) is 11.3 Å². The Morgan fingerprint density at radius 1 is 0.638 bits per heavy atom. The van der Waals surface area contributed by atoms with Crippen LogP contribution >= 0.6 is 15.8 Å². The van der Waals surface area contributed by atoms with E-state index < -0.39 is 8.07 Å². The molecule has 0 atom stereocenters. The summed E-state index contributed by atoms with van der Waals surface area (Å²) in [5.74, 6) is 8.85. The zero-order valence-electron chi connectivity index (χ0n) is 31.5. The Kier molecular flexibility index (Phi) is 11.1. The molecule has 4 heteroatoms.